The van der Waals surface area contributed by atoms with Crippen LogP contribution >= 0.6 is 23.2 Å². The third-order valence-corrected chi connectivity index (χ3v) is 5.96. The molecule has 1 N–H and O–H groups in total. The second-order valence-electron chi connectivity index (χ2n) is 7.42. The molecule has 0 aromatic heterocycles. The van der Waals surface area contributed by atoms with Crippen molar-refractivity contribution in [3.63, 3.8) is 0 Å². The van der Waals surface area contributed by atoms with E-state index in [0.717, 1.165) is 19.5 Å². The van der Waals surface area contributed by atoms with E-state index in [1.54, 1.807) is 42.5 Å². The van der Waals surface area contributed by atoms with Gasteiger partial charge in [-0.2, -0.15) is 0 Å². The molecular weight excluding hydrogens is 386 g/mol. The number of rotatable bonds is 5. The molecule has 2 atom stereocenters. The van der Waals surface area contributed by atoms with Gasteiger partial charge in [-0.1, -0.05) is 41.4 Å². The molecule has 0 spiro atoms. The minimum Gasteiger partial charge on any atom is -0.325 e. The lowest BCUT2D eigenvalue weighted by Crippen LogP contribution is -2.43. The summed E-state index contributed by atoms with van der Waals surface area (Å²) in [5, 5.41) is 3.62. The number of amides is 1. The number of halogens is 3. The molecule has 1 saturated carbocycles. The molecule has 1 heterocycles. The zero-order valence-electron chi connectivity index (χ0n) is 14.8. The van der Waals surface area contributed by atoms with Crippen LogP contribution in [0.2, 0.25) is 10.0 Å². The van der Waals surface area contributed by atoms with Gasteiger partial charge in [0, 0.05) is 23.2 Å². The number of nitrogens with zero attached hydrogens (tertiary/aromatic N) is 1. The van der Waals surface area contributed by atoms with Crippen LogP contribution in [0, 0.1) is 11.7 Å². The Hall–Kier alpha value is -1.62. The highest BCUT2D eigenvalue weighted by Crippen LogP contribution is 2.40. The smallest absolute Gasteiger partial charge is 0.242 e. The second kappa shape index (κ2) is 7.78. The van der Waals surface area contributed by atoms with Crippen molar-refractivity contribution in [2.45, 2.75) is 31.2 Å². The van der Waals surface area contributed by atoms with Gasteiger partial charge in [0.2, 0.25) is 5.91 Å². The Morgan fingerprint density at radius 3 is 2.67 bits per heavy atom. The first-order chi connectivity index (χ1) is 13.0. The topological polar surface area (TPSA) is 32.3 Å². The van der Waals surface area contributed by atoms with Crippen LogP contribution in [0.5, 0.6) is 0 Å². The maximum Gasteiger partial charge on any atom is 0.242 e. The Balaban J connectivity index is 1.62. The summed E-state index contributed by atoms with van der Waals surface area (Å²) in [6.07, 6.45) is 3.14. The van der Waals surface area contributed by atoms with Gasteiger partial charge in [-0.05, 0) is 61.6 Å². The highest BCUT2D eigenvalue weighted by atomic mass is 35.5. The zero-order chi connectivity index (χ0) is 19.0. The van der Waals surface area contributed by atoms with E-state index in [-0.39, 0.29) is 16.8 Å². The van der Waals surface area contributed by atoms with Crippen molar-refractivity contribution in [3.8, 4) is 0 Å². The summed E-state index contributed by atoms with van der Waals surface area (Å²) in [7, 11) is 0. The fourth-order valence-corrected chi connectivity index (χ4v) is 4.33. The van der Waals surface area contributed by atoms with Crippen LogP contribution in [0.4, 0.5) is 10.1 Å². The quantitative estimate of drug-likeness (QED) is 0.726. The summed E-state index contributed by atoms with van der Waals surface area (Å²) in [6.45, 7) is 1.66. The second-order valence-corrected chi connectivity index (χ2v) is 8.26. The fourth-order valence-electron chi connectivity index (χ4n) is 3.96. The Morgan fingerprint density at radius 2 is 1.93 bits per heavy atom. The van der Waals surface area contributed by atoms with Crippen molar-refractivity contribution >= 4 is 34.8 Å². The van der Waals surface area contributed by atoms with E-state index < -0.39 is 11.9 Å². The molecule has 2 aliphatic rings. The van der Waals surface area contributed by atoms with Gasteiger partial charge < -0.3 is 5.32 Å². The number of hydrogen-bond acceptors (Lipinski definition) is 2. The normalized spacial score (nSPS) is 22.8. The molecule has 6 heteroatoms. The van der Waals surface area contributed by atoms with E-state index in [4.69, 9.17) is 23.2 Å². The molecule has 1 saturated heterocycles. The van der Waals surface area contributed by atoms with Crippen LogP contribution in [0.1, 0.15) is 30.7 Å². The maximum absolute atomic E-state index is 14.7. The Morgan fingerprint density at radius 1 is 1.15 bits per heavy atom. The first-order valence-electron chi connectivity index (χ1n) is 9.27. The highest BCUT2D eigenvalue weighted by Gasteiger charge is 2.43. The van der Waals surface area contributed by atoms with E-state index in [1.807, 2.05) is 0 Å². The van der Waals surface area contributed by atoms with Crippen LogP contribution in [0.25, 0.3) is 0 Å². The van der Waals surface area contributed by atoms with Gasteiger partial charge in [0.05, 0.1) is 11.1 Å². The molecule has 27 heavy (non-hydrogen) atoms. The van der Waals surface area contributed by atoms with Gasteiger partial charge in [0.15, 0.2) is 0 Å². The molecule has 1 aliphatic carbocycles. The summed E-state index contributed by atoms with van der Waals surface area (Å²) >= 11 is 12.0. The zero-order valence-corrected chi connectivity index (χ0v) is 16.3. The highest BCUT2D eigenvalue weighted by molar-refractivity contribution is 6.31. The molecule has 3 nitrogen and oxygen atoms in total. The molecule has 0 bridgehead atoms. The minimum atomic E-state index is -0.419. The largest absolute Gasteiger partial charge is 0.325 e. The Kier molecular flexibility index (Phi) is 5.40. The number of likely N-dealkylation sites (tertiary alicyclic amines) is 1. The third kappa shape index (κ3) is 4.13. The van der Waals surface area contributed by atoms with Crippen molar-refractivity contribution in [3.05, 3.63) is 63.9 Å². The number of anilines is 1. The van der Waals surface area contributed by atoms with Crippen LogP contribution in [0.15, 0.2) is 42.5 Å². The van der Waals surface area contributed by atoms with Gasteiger partial charge in [0.25, 0.3) is 0 Å². The average molecular weight is 407 g/mol. The SMILES string of the molecule is O=C(Nc1cccc(Cl)c1)[C@H]1[C@@H](c2cccc(Cl)c2F)CCN1CC1CC1. The molecule has 142 valence electrons. The standard InChI is InChI=1S/C21H21Cl2FN2O/c22-14-3-1-4-15(11-14)25-21(27)20-17(9-10-26(20)12-13-7-8-13)16-5-2-6-18(23)19(16)24/h1-6,11,13,17,20H,7-10,12H2,(H,25,27)/t17-,20-/m1/s1. The van der Waals surface area contributed by atoms with Crippen molar-refractivity contribution in [2.75, 3.05) is 18.4 Å². The Labute approximate surface area is 168 Å². The molecule has 1 amide bonds. The lowest BCUT2D eigenvalue weighted by molar-refractivity contribution is -0.120. The summed E-state index contributed by atoms with van der Waals surface area (Å²) < 4.78 is 14.7. The number of carbonyl (C=O) groups is 1. The average Bonchev–Trinajstić information content (AvgIpc) is 3.35. The summed E-state index contributed by atoms with van der Waals surface area (Å²) in [6, 6.07) is 11.7. The van der Waals surface area contributed by atoms with E-state index in [0.29, 0.717) is 22.2 Å². The van der Waals surface area contributed by atoms with Crippen molar-refractivity contribution in [2.24, 2.45) is 5.92 Å². The number of benzene rings is 2. The van der Waals surface area contributed by atoms with Gasteiger partial charge in [-0.3, -0.25) is 9.69 Å². The van der Waals surface area contributed by atoms with Crippen LogP contribution in [-0.2, 0) is 4.79 Å². The third-order valence-electron chi connectivity index (χ3n) is 5.43. The van der Waals surface area contributed by atoms with E-state index in [1.165, 1.54) is 12.8 Å². The lowest BCUT2D eigenvalue weighted by atomic mass is 9.90. The van der Waals surface area contributed by atoms with Crippen molar-refractivity contribution < 1.29 is 9.18 Å². The monoisotopic (exact) mass is 406 g/mol. The number of carbonyl (C=O) groups excluding carboxylic acids is 1. The molecule has 2 aromatic rings. The van der Waals surface area contributed by atoms with Crippen molar-refractivity contribution in [1.29, 1.82) is 0 Å². The number of hydrogen-bond donors (Lipinski definition) is 1. The predicted molar refractivity (Wildman–Crippen MR) is 107 cm³/mol. The lowest BCUT2D eigenvalue weighted by Gasteiger charge is -2.28. The van der Waals surface area contributed by atoms with Gasteiger partial charge in [-0.25, -0.2) is 4.39 Å². The van der Waals surface area contributed by atoms with E-state index in [2.05, 4.69) is 10.2 Å². The Bertz CT molecular complexity index is 856. The predicted octanol–water partition coefficient (Wildman–Crippen LogP) is 5.34. The molecule has 0 unspecified atom stereocenters. The molecule has 2 aromatic carbocycles. The van der Waals surface area contributed by atoms with Crippen LogP contribution in [0.3, 0.4) is 0 Å². The fraction of sp³-hybridized carbons (Fsp3) is 0.381. The maximum atomic E-state index is 14.7. The van der Waals surface area contributed by atoms with E-state index >= 15 is 0 Å². The van der Waals surface area contributed by atoms with E-state index in [9.17, 15) is 9.18 Å². The van der Waals surface area contributed by atoms with Crippen LogP contribution in [-0.4, -0.2) is 29.9 Å². The summed E-state index contributed by atoms with van der Waals surface area (Å²) in [5.41, 5.74) is 1.17. The summed E-state index contributed by atoms with van der Waals surface area (Å²) in [5.74, 6) is -0.117. The number of nitrogens with one attached hydrogen (secondary N) is 1. The van der Waals surface area contributed by atoms with Gasteiger partial charge in [0.1, 0.15) is 5.82 Å². The van der Waals surface area contributed by atoms with Crippen molar-refractivity contribution in [1.82, 2.24) is 4.90 Å². The first-order valence-corrected chi connectivity index (χ1v) is 10.0. The summed E-state index contributed by atoms with van der Waals surface area (Å²) in [4.78, 5) is 15.4. The van der Waals surface area contributed by atoms with Crippen LogP contribution < -0.4 is 5.32 Å². The molecule has 1 aliphatic heterocycles. The molecule has 2 fully saturated rings. The molecular formula is C21H21Cl2FN2O. The van der Waals surface area contributed by atoms with Gasteiger partial charge >= 0.3 is 0 Å². The first kappa shape index (κ1) is 18.7. The minimum absolute atomic E-state index is 0.0992. The van der Waals surface area contributed by atoms with Gasteiger partial charge in [-0.15, -0.1) is 0 Å². The molecule has 0 radical (unpaired) electrons. The molecule has 4 rings (SSSR count).